The largest absolute Gasteiger partial charge is 0.497 e. The van der Waals surface area contributed by atoms with Crippen molar-refractivity contribution in [1.82, 2.24) is 30.2 Å². The van der Waals surface area contributed by atoms with Crippen LogP contribution in [0.4, 0.5) is 4.79 Å². The fraction of sp³-hybridized carbons (Fsp3) is 0.700. The van der Waals surface area contributed by atoms with Crippen LogP contribution in [0.2, 0.25) is 0 Å². The number of ether oxygens (including phenoxy) is 3. The van der Waals surface area contributed by atoms with Crippen LogP contribution in [0.15, 0.2) is 18.2 Å². The van der Waals surface area contributed by atoms with E-state index in [0.717, 1.165) is 25.7 Å². The third-order valence-electron chi connectivity index (χ3n) is 11.9. The highest BCUT2D eigenvalue weighted by Gasteiger charge is 2.63. The molecule has 2 aliphatic carbocycles. The number of alkyl carbamates (subject to hydrolysis) is 1. The third-order valence-corrected chi connectivity index (χ3v) is 13.7. The van der Waals surface area contributed by atoms with Gasteiger partial charge in [-0.05, 0) is 74.8 Å². The molecule has 15 nitrogen and oxygen atoms in total. The Morgan fingerprint density at radius 1 is 1.02 bits per heavy atom. The lowest BCUT2D eigenvalue weighted by molar-refractivity contribution is -0.143. The second kappa shape index (κ2) is 16.3. The molecule has 6 rings (SSSR count). The molecule has 56 heavy (non-hydrogen) atoms. The van der Waals surface area contributed by atoms with Crippen LogP contribution < -0.4 is 24.8 Å². The van der Waals surface area contributed by atoms with Crippen LogP contribution in [0.25, 0.3) is 11.0 Å². The van der Waals surface area contributed by atoms with Gasteiger partial charge in [0.25, 0.3) is 5.91 Å². The van der Waals surface area contributed by atoms with Crippen LogP contribution in [-0.2, 0) is 35.6 Å². The first-order valence-corrected chi connectivity index (χ1v) is 21.7. The van der Waals surface area contributed by atoms with Crippen LogP contribution >= 0.6 is 0 Å². The minimum atomic E-state index is -3.88. The Labute approximate surface area is 329 Å². The van der Waals surface area contributed by atoms with Crippen LogP contribution in [0.1, 0.15) is 111 Å². The maximum absolute atomic E-state index is 14.8. The summed E-state index contributed by atoms with van der Waals surface area (Å²) >= 11 is 0. The molecule has 0 spiro atoms. The fourth-order valence-electron chi connectivity index (χ4n) is 8.06. The van der Waals surface area contributed by atoms with E-state index < -0.39 is 74.1 Å². The second-order valence-electron chi connectivity index (χ2n) is 17.1. The monoisotopic (exact) mass is 798 g/mol. The first kappa shape index (κ1) is 41.4. The van der Waals surface area contributed by atoms with Gasteiger partial charge in [0.2, 0.25) is 27.7 Å². The zero-order valence-corrected chi connectivity index (χ0v) is 34.5. The number of sulfonamides is 1. The van der Waals surface area contributed by atoms with E-state index in [9.17, 15) is 27.6 Å². The summed E-state index contributed by atoms with van der Waals surface area (Å²) in [7, 11) is -2.31. The molecule has 16 heteroatoms. The van der Waals surface area contributed by atoms with Crippen molar-refractivity contribution in [3.05, 3.63) is 23.9 Å². The van der Waals surface area contributed by atoms with Crippen molar-refractivity contribution in [2.45, 2.75) is 147 Å². The molecule has 3 fully saturated rings. The van der Waals surface area contributed by atoms with Crippen LogP contribution in [0, 0.1) is 17.3 Å². The summed E-state index contributed by atoms with van der Waals surface area (Å²) in [5.74, 6) is -1.94. The maximum Gasteiger partial charge on any atom is 0.408 e. The Bertz CT molecular complexity index is 1930. The molecule has 308 valence electrons. The number of rotatable bonds is 8. The minimum absolute atomic E-state index is 0.0390. The van der Waals surface area contributed by atoms with Gasteiger partial charge in [-0.1, -0.05) is 60.8 Å². The van der Waals surface area contributed by atoms with E-state index in [0.29, 0.717) is 66.9 Å². The fourth-order valence-corrected chi connectivity index (χ4v) is 9.43. The lowest BCUT2D eigenvalue weighted by atomic mass is 9.85. The van der Waals surface area contributed by atoms with Gasteiger partial charge in [-0.15, -0.1) is 0 Å². The topological polar surface area (TPSA) is 195 Å². The number of methoxy groups -OCH3 is 1. The highest BCUT2D eigenvalue weighted by Crippen LogP contribution is 2.47. The Morgan fingerprint density at radius 3 is 2.39 bits per heavy atom. The molecule has 2 saturated carbocycles. The van der Waals surface area contributed by atoms with Crippen molar-refractivity contribution >= 4 is 44.9 Å². The summed E-state index contributed by atoms with van der Waals surface area (Å²) in [5, 5.41) is 5.12. The third kappa shape index (κ3) is 8.84. The smallest absolute Gasteiger partial charge is 0.408 e. The van der Waals surface area contributed by atoms with Crippen molar-refractivity contribution < 1.29 is 41.8 Å². The van der Waals surface area contributed by atoms with E-state index in [4.69, 9.17) is 24.2 Å². The molecule has 3 N–H and O–H groups in total. The maximum atomic E-state index is 14.8. The number of aryl methyl sites for hydroxylation is 1. The summed E-state index contributed by atoms with van der Waals surface area (Å²) in [5.41, 5.74) is -0.359. The molecule has 0 unspecified atom stereocenters. The Hall–Kier alpha value is -4.21. The Morgan fingerprint density at radius 2 is 1.75 bits per heavy atom. The molecular formula is C40H58N6O9S. The molecule has 0 radical (unpaired) electrons. The van der Waals surface area contributed by atoms with E-state index >= 15 is 0 Å². The number of nitrogens with zero attached hydrogens (tertiary/aromatic N) is 3. The Kier molecular flexibility index (Phi) is 12.1. The predicted molar refractivity (Wildman–Crippen MR) is 208 cm³/mol. The number of hydrogen-bond donors (Lipinski definition) is 3. The average Bonchev–Trinajstić information content (AvgIpc) is 4.08. The van der Waals surface area contributed by atoms with E-state index in [1.807, 2.05) is 46.8 Å². The number of fused-ring (bicyclic) bond motifs is 4. The number of carbonyl (C=O) groups excluding carboxylic acids is 4. The molecule has 2 bridgehead atoms. The van der Waals surface area contributed by atoms with Crippen molar-refractivity contribution in [3.8, 4) is 11.6 Å². The summed E-state index contributed by atoms with van der Waals surface area (Å²) in [6.45, 7) is 11.1. The van der Waals surface area contributed by atoms with Gasteiger partial charge in [-0.25, -0.2) is 23.2 Å². The second-order valence-corrected chi connectivity index (χ2v) is 19.0. The van der Waals surface area contributed by atoms with Gasteiger partial charge in [0, 0.05) is 12.0 Å². The molecule has 2 aliphatic heterocycles. The van der Waals surface area contributed by atoms with Gasteiger partial charge >= 0.3 is 6.09 Å². The molecule has 1 aromatic heterocycles. The molecule has 4 aliphatic rings. The number of nitrogens with one attached hydrogen (secondary N) is 3. The average molecular weight is 799 g/mol. The zero-order valence-electron chi connectivity index (χ0n) is 33.7. The summed E-state index contributed by atoms with van der Waals surface area (Å²) in [6.07, 6.45) is 5.32. The van der Waals surface area contributed by atoms with E-state index in [2.05, 4.69) is 15.4 Å². The van der Waals surface area contributed by atoms with Gasteiger partial charge in [-0.3, -0.25) is 19.1 Å². The van der Waals surface area contributed by atoms with Crippen LogP contribution in [0.3, 0.4) is 0 Å². The van der Waals surface area contributed by atoms with Crippen molar-refractivity contribution in [1.29, 1.82) is 0 Å². The number of aromatic nitrogens is 2. The molecule has 1 aromatic carbocycles. The first-order valence-electron chi connectivity index (χ1n) is 20.2. The lowest BCUT2D eigenvalue weighted by Crippen LogP contribution is -2.61. The molecule has 2 aromatic rings. The molecule has 7 atom stereocenters. The highest BCUT2D eigenvalue weighted by atomic mass is 32.2. The molecule has 1 saturated heterocycles. The number of carbonyl (C=O) groups is 4. The summed E-state index contributed by atoms with van der Waals surface area (Å²) in [4.78, 5) is 67.8. The number of amides is 4. The number of hydrogen-bond acceptors (Lipinski definition) is 11. The number of benzene rings is 1. The van der Waals surface area contributed by atoms with E-state index in [1.165, 1.54) is 4.90 Å². The predicted octanol–water partition coefficient (Wildman–Crippen LogP) is 4.55. The first-order chi connectivity index (χ1) is 26.5. The molecule has 3 heterocycles. The molecular weight excluding hydrogens is 741 g/mol. The highest BCUT2D eigenvalue weighted by molar-refractivity contribution is 7.91. The van der Waals surface area contributed by atoms with Crippen molar-refractivity contribution in [3.63, 3.8) is 0 Å². The zero-order chi connectivity index (χ0) is 40.6. The van der Waals surface area contributed by atoms with Crippen molar-refractivity contribution in [2.75, 3.05) is 13.7 Å². The van der Waals surface area contributed by atoms with Gasteiger partial charge < -0.3 is 29.7 Å². The summed E-state index contributed by atoms with van der Waals surface area (Å²) in [6, 6.07) is 3.20. The van der Waals surface area contributed by atoms with Crippen molar-refractivity contribution in [2.24, 2.45) is 17.3 Å². The standard InChI is InChI=1S/C40H58N6O9S/c1-8-24-21-40(24,37(49)45-56(51,52)27-17-18-27)44-34(47)32-23(3)31-22-46(32)36(48)33(39(4,5)6)43-38(50)54-25(9-2)14-12-10-11-13-15-29-35(55-31)42-30-20-26(53-7)16-19-28(30)41-29/h16,19-20,23-25,27,31-33H,8-15,17-18,21-22H2,1-7H3,(H,43,50)(H,44,47)(H,45,49)/t23-,24-,25-,31+,32+,33-,40-/m1/s1. The molecule has 4 amide bonds. The van der Waals surface area contributed by atoms with Crippen LogP contribution in [0.5, 0.6) is 11.6 Å². The SMILES string of the molecule is CC[C@@H]1CCCCCCc2nc3ccc(OC)cc3nc2O[C@H]2CN(C(=O)[C@H](C(C)(C)C)NC(=O)O1)[C@H](C(=O)N[C@]1(C(=O)NS(=O)(=O)C3CC3)C[C@H]1CC)[C@@H]2C. The van der Waals surface area contributed by atoms with E-state index in [1.54, 1.807) is 20.1 Å². The number of cyclic esters (lactones) is 1. The van der Waals surface area contributed by atoms with Gasteiger partial charge in [0.15, 0.2) is 0 Å². The van der Waals surface area contributed by atoms with Gasteiger partial charge in [-0.2, -0.15) is 0 Å². The lowest BCUT2D eigenvalue weighted by Gasteiger charge is -2.36. The van der Waals surface area contributed by atoms with E-state index in [-0.39, 0.29) is 25.0 Å². The Balaban J connectivity index is 1.38. The van der Waals surface area contributed by atoms with Gasteiger partial charge in [0.05, 0.1) is 29.9 Å². The minimum Gasteiger partial charge on any atom is -0.497 e. The van der Waals surface area contributed by atoms with Gasteiger partial charge in [0.1, 0.15) is 41.3 Å². The van der Waals surface area contributed by atoms with Crippen LogP contribution in [-0.4, -0.2) is 95.8 Å². The summed E-state index contributed by atoms with van der Waals surface area (Å²) < 4.78 is 45.9. The quantitative estimate of drug-likeness (QED) is 0.339. The normalized spacial score (nSPS) is 29.2.